The predicted octanol–water partition coefficient (Wildman–Crippen LogP) is 3.01. The van der Waals surface area contributed by atoms with Crippen LogP contribution in [0, 0.1) is 5.41 Å². The molecule has 3 aliphatic heterocycles. The Hall–Kier alpha value is -1.03. The number of fused-ring (bicyclic) bond motifs is 4. The molecule has 0 saturated carbocycles. The van der Waals surface area contributed by atoms with Crippen LogP contribution in [0.4, 0.5) is 0 Å². The van der Waals surface area contributed by atoms with Gasteiger partial charge in [0.25, 0.3) is 0 Å². The van der Waals surface area contributed by atoms with Gasteiger partial charge in [0.05, 0.1) is 49.7 Å². The normalized spacial score (nSPS) is 41.8. The minimum atomic E-state index is -1.02. The number of ether oxygens (including phenoxy) is 4. The van der Waals surface area contributed by atoms with E-state index in [0.29, 0.717) is 32.3 Å². The molecule has 2 saturated heterocycles. The van der Waals surface area contributed by atoms with Crippen molar-refractivity contribution in [2.45, 2.75) is 127 Å². The lowest BCUT2D eigenvalue weighted by atomic mass is 9.73. The summed E-state index contributed by atoms with van der Waals surface area (Å²) in [5.41, 5.74) is -1.58. The van der Waals surface area contributed by atoms with Gasteiger partial charge in [-0.05, 0) is 64.4 Å². The standard InChI is InChI=1S/C26H44O8/c1-25(2)12-9-24-31-13-10-21(34-24)16-20-7-4-6-19(32-20)14-18(28)15-23(29)33-22(17-27)8-5-11-26(25,3)30/h9,12,18-22,24,27-28,30H,4-8,10-11,13-17H2,1-3H3/b12-9+/t18-,19+,20-,21+,22-,24+,26+/m1/s1. The van der Waals surface area contributed by atoms with Gasteiger partial charge in [-0.1, -0.05) is 19.9 Å². The van der Waals surface area contributed by atoms with E-state index < -0.39 is 35.5 Å². The molecule has 7 atom stereocenters. The minimum Gasteiger partial charge on any atom is -0.460 e. The topological polar surface area (TPSA) is 115 Å². The molecular formula is C26H44O8. The maximum Gasteiger partial charge on any atom is 0.308 e. The smallest absolute Gasteiger partial charge is 0.308 e. The van der Waals surface area contributed by atoms with E-state index in [1.807, 2.05) is 26.0 Å². The highest BCUT2D eigenvalue weighted by Crippen LogP contribution is 2.37. The Labute approximate surface area is 203 Å². The molecule has 8 heteroatoms. The van der Waals surface area contributed by atoms with Crippen LogP contribution in [0.2, 0.25) is 0 Å². The van der Waals surface area contributed by atoms with Gasteiger partial charge in [-0.2, -0.15) is 0 Å². The number of carbonyl (C=O) groups is 1. The number of hydrogen-bond acceptors (Lipinski definition) is 8. The van der Waals surface area contributed by atoms with Crippen molar-refractivity contribution < 1.29 is 39.1 Å². The fraction of sp³-hybridized carbons (Fsp3) is 0.885. The van der Waals surface area contributed by atoms with Gasteiger partial charge in [0, 0.05) is 11.8 Å². The Morgan fingerprint density at radius 1 is 1.00 bits per heavy atom. The molecule has 4 bridgehead atoms. The summed E-state index contributed by atoms with van der Waals surface area (Å²) in [7, 11) is 0. The second kappa shape index (κ2) is 12.3. The molecule has 196 valence electrons. The lowest BCUT2D eigenvalue weighted by Gasteiger charge is -2.39. The van der Waals surface area contributed by atoms with Crippen molar-refractivity contribution in [3.05, 3.63) is 12.2 Å². The largest absolute Gasteiger partial charge is 0.460 e. The summed E-state index contributed by atoms with van der Waals surface area (Å²) in [4.78, 5) is 12.3. The van der Waals surface area contributed by atoms with Gasteiger partial charge >= 0.3 is 5.97 Å². The van der Waals surface area contributed by atoms with Crippen molar-refractivity contribution in [2.75, 3.05) is 13.2 Å². The third-order valence-corrected chi connectivity index (χ3v) is 7.70. The summed E-state index contributed by atoms with van der Waals surface area (Å²) in [6.07, 6.45) is 7.96. The number of carbonyl (C=O) groups excluding carboxylic acids is 1. The van der Waals surface area contributed by atoms with Gasteiger partial charge in [0.2, 0.25) is 0 Å². The highest BCUT2D eigenvalue weighted by atomic mass is 16.7. The monoisotopic (exact) mass is 484 g/mol. The third-order valence-electron chi connectivity index (χ3n) is 7.70. The molecule has 0 aliphatic carbocycles. The Bertz CT molecular complexity index is 676. The van der Waals surface area contributed by atoms with Crippen molar-refractivity contribution in [3.8, 4) is 0 Å². The molecule has 0 radical (unpaired) electrons. The molecule has 0 amide bonds. The first-order valence-electron chi connectivity index (χ1n) is 12.9. The van der Waals surface area contributed by atoms with Crippen LogP contribution in [0.3, 0.4) is 0 Å². The van der Waals surface area contributed by atoms with Crippen molar-refractivity contribution in [2.24, 2.45) is 5.41 Å². The first-order chi connectivity index (χ1) is 16.1. The van der Waals surface area contributed by atoms with E-state index in [-0.39, 0.29) is 31.3 Å². The molecule has 8 nitrogen and oxygen atoms in total. The molecule has 34 heavy (non-hydrogen) atoms. The molecule has 0 aromatic heterocycles. The Balaban J connectivity index is 1.73. The molecular weight excluding hydrogens is 440 g/mol. The van der Waals surface area contributed by atoms with E-state index in [0.717, 1.165) is 32.1 Å². The van der Waals surface area contributed by atoms with Gasteiger partial charge < -0.3 is 34.3 Å². The predicted molar refractivity (Wildman–Crippen MR) is 126 cm³/mol. The summed E-state index contributed by atoms with van der Waals surface area (Å²) in [6.45, 7) is 6.05. The van der Waals surface area contributed by atoms with Crippen LogP contribution < -0.4 is 0 Å². The maximum absolute atomic E-state index is 12.3. The van der Waals surface area contributed by atoms with Crippen LogP contribution in [-0.2, 0) is 23.7 Å². The van der Waals surface area contributed by atoms with Crippen LogP contribution in [0.1, 0.15) is 85.0 Å². The van der Waals surface area contributed by atoms with Gasteiger partial charge in [-0.15, -0.1) is 0 Å². The van der Waals surface area contributed by atoms with Crippen molar-refractivity contribution in [1.29, 1.82) is 0 Å². The second-order valence-electron chi connectivity index (χ2n) is 11.0. The summed E-state index contributed by atoms with van der Waals surface area (Å²) in [5.74, 6) is -0.523. The van der Waals surface area contributed by atoms with E-state index in [4.69, 9.17) is 18.9 Å². The third kappa shape index (κ3) is 8.00. The van der Waals surface area contributed by atoms with Crippen molar-refractivity contribution in [1.82, 2.24) is 0 Å². The number of cyclic esters (lactones) is 1. The SMILES string of the molecule is CC1(C)/C=C/[C@H]2OCC[C@@H](C[C@H]3CCC[C@@H](C[C@@H](O)CC(=O)O[C@@H](CO)CCC[C@]1(C)O)O3)O2. The zero-order chi connectivity index (χ0) is 24.8. The number of esters is 1. The van der Waals surface area contributed by atoms with Gasteiger partial charge in [-0.3, -0.25) is 4.79 Å². The summed E-state index contributed by atoms with van der Waals surface area (Å²) in [5, 5.41) is 31.3. The van der Waals surface area contributed by atoms with E-state index >= 15 is 0 Å². The average molecular weight is 485 g/mol. The molecule has 3 N–H and O–H groups in total. The highest BCUT2D eigenvalue weighted by molar-refractivity contribution is 5.70. The number of rotatable bonds is 1. The van der Waals surface area contributed by atoms with Crippen LogP contribution in [0.5, 0.6) is 0 Å². The minimum absolute atomic E-state index is 0.0247. The molecule has 0 aromatic carbocycles. The maximum atomic E-state index is 12.3. The van der Waals surface area contributed by atoms with E-state index in [1.54, 1.807) is 6.92 Å². The van der Waals surface area contributed by atoms with Gasteiger partial charge in [0.1, 0.15) is 6.10 Å². The fourth-order valence-electron chi connectivity index (χ4n) is 5.00. The zero-order valence-electron chi connectivity index (χ0n) is 21.0. The molecule has 3 aliphatic rings. The number of aliphatic hydroxyl groups is 3. The quantitative estimate of drug-likeness (QED) is 0.384. The van der Waals surface area contributed by atoms with Crippen LogP contribution in [0.15, 0.2) is 12.2 Å². The Morgan fingerprint density at radius 2 is 1.71 bits per heavy atom. The van der Waals surface area contributed by atoms with E-state index in [1.165, 1.54) is 0 Å². The molecule has 0 spiro atoms. The zero-order valence-corrected chi connectivity index (χ0v) is 21.0. The first kappa shape index (κ1) is 27.6. The number of aliphatic hydroxyl groups excluding tert-OH is 2. The molecule has 0 unspecified atom stereocenters. The van der Waals surface area contributed by atoms with E-state index in [9.17, 15) is 20.1 Å². The Kier molecular flexibility index (Phi) is 9.95. The Morgan fingerprint density at radius 3 is 2.44 bits per heavy atom. The van der Waals surface area contributed by atoms with Crippen molar-refractivity contribution in [3.63, 3.8) is 0 Å². The lowest BCUT2D eigenvalue weighted by molar-refractivity contribution is -0.199. The molecule has 0 aromatic rings. The van der Waals surface area contributed by atoms with Gasteiger partial charge in [0.15, 0.2) is 6.29 Å². The van der Waals surface area contributed by atoms with Crippen molar-refractivity contribution >= 4 is 5.97 Å². The average Bonchev–Trinajstić information content (AvgIpc) is 2.76. The van der Waals surface area contributed by atoms with Gasteiger partial charge in [-0.25, -0.2) is 0 Å². The fourth-order valence-corrected chi connectivity index (χ4v) is 5.00. The second-order valence-corrected chi connectivity index (χ2v) is 11.0. The molecule has 2 fully saturated rings. The summed E-state index contributed by atoms with van der Waals surface area (Å²) < 4.78 is 23.6. The van der Waals surface area contributed by atoms with Crippen LogP contribution in [0.25, 0.3) is 0 Å². The summed E-state index contributed by atoms with van der Waals surface area (Å²) >= 11 is 0. The highest BCUT2D eigenvalue weighted by Gasteiger charge is 2.38. The number of hydrogen-bond donors (Lipinski definition) is 3. The van der Waals surface area contributed by atoms with Crippen LogP contribution >= 0.6 is 0 Å². The summed E-state index contributed by atoms with van der Waals surface area (Å²) in [6, 6.07) is 0. The van der Waals surface area contributed by atoms with Crippen LogP contribution in [-0.4, -0.2) is 76.9 Å². The lowest BCUT2D eigenvalue weighted by Crippen LogP contribution is -2.41. The molecule has 3 rings (SSSR count). The van der Waals surface area contributed by atoms with E-state index in [2.05, 4.69) is 0 Å². The first-order valence-corrected chi connectivity index (χ1v) is 12.9. The molecule has 3 heterocycles.